The molecule has 0 N–H and O–H groups in total. The largest absolute Gasteiger partial charge is 0.304 e. The summed E-state index contributed by atoms with van der Waals surface area (Å²) in [6.45, 7) is 2.93. The Bertz CT molecular complexity index is 1130. The van der Waals surface area contributed by atoms with Gasteiger partial charge in [0.25, 0.3) is 0 Å². The monoisotopic (exact) mass is 393 g/mol. The van der Waals surface area contributed by atoms with Crippen molar-refractivity contribution in [1.29, 1.82) is 0 Å². The highest BCUT2D eigenvalue weighted by Crippen LogP contribution is 2.44. The molecule has 3 aliphatic rings. The summed E-state index contributed by atoms with van der Waals surface area (Å²) < 4.78 is 0. The van der Waals surface area contributed by atoms with Crippen molar-refractivity contribution in [2.24, 2.45) is 5.10 Å². The van der Waals surface area contributed by atoms with Crippen molar-refractivity contribution in [2.75, 3.05) is 16.6 Å². The van der Waals surface area contributed by atoms with Crippen molar-refractivity contribution in [3.63, 3.8) is 0 Å². The second-order valence-electron chi connectivity index (χ2n) is 8.89. The second kappa shape index (κ2) is 7.02. The smallest absolute Gasteiger partial charge is 0.163 e. The van der Waals surface area contributed by atoms with Gasteiger partial charge in [-0.25, -0.2) is 5.01 Å². The van der Waals surface area contributed by atoms with E-state index in [2.05, 4.69) is 83.6 Å². The van der Waals surface area contributed by atoms with Gasteiger partial charge in [-0.05, 0) is 67.1 Å². The molecule has 0 radical (unpaired) electrons. The van der Waals surface area contributed by atoms with E-state index in [1.165, 1.54) is 65.6 Å². The first-order chi connectivity index (χ1) is 14.8. The van der Waals surface area contributed by atoms with E-state index in [0.717, 1.165) is 18.2 Å². The van der Waals surface area contributed by atoms with Crippen LogP contribution in [0.5, 0.6) is 0 Å². The van der Waals surface area contributed by atoms with Crippen LogP contribution >= 0.6 is 0 Å². The molecule has 3 nitrogen and oxygen atoms in total. The number of hydrogen-bond acceptors (Lipinski definition) is 3. The van der Waals surface area contributed by atoms with E-state index < -0.39 is 0 Å². The van der Waals surface area contributed by atoms with Gasteiger partial charge in [0, 0.05) is 11.1 Å². The zero-order chi connectivity index (χ0) is 20.1. The van der Waals surface area contributed by atoms with E-state index in [1.807, 2.05) is 0 Å². The van der Waals surface area contributed by atoms with Gasteiger partial charge in [-0.3, -0.25) is 0 Å². The van der Waals surface area contributed by atoms with Crippen LogP contribution in [0.2, 0.25) is 0 Å². The SMILES string of the molecule is Cc1ccc2c(c1)-c1ccc(C3CCCCC3)cc1C1=NN(c3ccccc3)CN12. The van der Waals surface area contributed by atoms with Gasteiger partial charge in [-0.2, -0.15) is 5.10 Å². The van der Waals surface area contributed by atoms with Crippen molar-refractivity contribution in [3.05, 3.63) is 83.4 Å². The van der Waals surface area contributed by atoms with Crippen LogP contribution in [0.3, 0.4) is 0 Å². The summed E-state index contributed by atoms with van der Waals surface area (Å²) >= 11 is 0. The topological polar surface area (TPSA) is 18.8 Å². The van der Waals surface area contributed by atoms with Crippen molar-refractivity contribution in [3.8, 4) is 11.1 Å². The maximum absolute atomic E-state index is 5.11. The van der Waals surface area contributed by atoms with Crippen LogP contribution in [0.4, 0.5) is 11.4 Å². The average molecular weight is 394 g/mol. The van der Waals surface area contributed by atoms with Gasteiger partial charge in [-0.15, -0.1) is 0 Å². The molecule has 0 atom stereocenters. The van der Waals surface area contributed by atoms with E-state index in [4.69, 9.17) is 5.10 Å². The summed E-state index contributed by atoms with van der Waals surface area (Å²) in [4.78, 5) is 2.38. The Morgan fingerprint density at radius 1 is 0.800 bits per heavy atom. The van der Waals surface area contributed by atoms with E-state index in [1.54, 1.807) is 0 Å². The lowest BCUT2D eigenvalue weighted by molar-refractivity contribution is 0.443. The Kier molecular flexibility index (Phi) is 4.15. The van der Waals surface area contributed by atoms with Gasteiger partial charge in [0.2, 0.25) is 0 Å². The van der Waals surface area contributed by atoms with Crippen molar-refractivity contribution in [1.82, 2.24) is 0 Å². The molecular weight excluding hydrogens is 366 g/mol. The highest BCUT2D eigenvalue weighted by molar-refractivity contribution is 6.20. The third-order valence-corrected chi connectivity index (χ3v) is 6.89. The van der Waals surface area contributed by atoms with Crippen LogP contribution in [-0.4, -0.2) is 12.5 Å². The van der Waals surface area contributed by atoms with E-state index in [9.17, 15) is 0 Å². The maximum atomic E-state index is 5.11. The summed E-state index contributed by atoms with van der Waals surface area (Å²) in [6, 6.07) is 24.5. The number of fused-ring (bicyclic) bond motifs is 6. The first kappa shape index (κ1) is 17.8. The fourth-order valence-corrected chi connectivity index (χ4v) is 5.30. The van der Waals surface area contributed by atoms with Crippen LogP contribution in [0, 0.1) is 6.92 Å². The number of aryl methyl sites for hydroxylation is 1. The number of anilines is 2. The molecule has 3 aromatic carbocycles. The molecule has 3 heteroatoms. The number of para-hydroxylation sites is 1. The Balaban J connectivity index is 1.50. The number of hydrazone groups is 1. The molecule has 30 heavy (non-hydrogen) atoms. The number of hydrogen-bond donors (Lipinski definition) is 0. The van der Waals surface area contributed by atoms with Crippen LogP contribution in [-0.2, 0) is 0 Å². The first-order valence-electron chi connectivity index (χ1n) is 11.2. The normalized spacial score (nSPS) is 18.0. The van der Waals surface area contributed by atoms with Gasteiger partial charge in [0.15, 0.2) is 5.84 Å². The summed E-state index contributed by atoms with van der Waals surface area (Å²) in [7, 11) is 0. The van der Waals surface area contributed by atoms with E-state index >= 15 is 0 Å². The molecule has 2 aliphatic heterocycles. The fraction of sp³-hybridized carbons (Fsp3) is 0.296. The molecule has 0 saturated heterocycles. The zero-order valence-electron chi connectivity index (χ0n) is 17.5. The Labute approximate surface area is 178 Å². The third-order valence-electron chi connectivity index (χ3n) is 6.89. The molecular formula is C27H27N3. The second-order valence-corrected chi connectivity index (χ2v) is 8.89. The van der Waals surface area contributed by atoms with Gasteiger partial charge in [0.05, 0.1) is 11.4 Å². The highest BCUT2D eigenvalue weighted by atomic mass is 15.6. The molecule has 0 unspecified atom stereocenters. The van der Waals surface area contributed by atoms with E-state index in [0.29, 0.717) is 5.92 Å². The lowest BCUT2D eigenvalue weighted by Gasteiger charge is -2.31. The Morgan fingerprint density at radius 2 is 1.63 bits per heavy atom. The minimum absolute atomic E-state index is 0.698. The fourth-order valence-electron chi connectivity index (χ4n) is 5.30. The van der Waals surface area contributed by atoms with Crippen LogP contribution in [0.1, 0.15) is 54.7 Å². The Hall–Kier alpha value is -3.07. The lowest BCUT2D eigenvalue weighted by atomic mass is 9.81. The minimum atomic E-state index is 0.698. The molecule has 2 heterocycles. The van der Waals surface area contributed by atoms with E-state index in [-0.39, 0.29) is 0 Å². The van der Waals surface area contributed by atoms with Gasteiger partial charge in [0.1, 0.15) is 6.67 Å². The third kappa shape index (κ3) is 2.84. The lowest BCUT2D eigenvalue weighted by Crippen LogP contribution is -2.34. The predicted octanol–water partition coefficient (Wildman–Crippen LogP) is 6.67. The van der Waals surface area contributed by atoms with Gasteiger partial charge >= 0.3 is 0 Å². The minimum Gasteiger partial charge on any atom is -0.304 e. The van der Waals surface area contributed by atoms with Gasteiger partial charge < -0.3 is 4.90 Å². The molecule has 0 bridgehead atoms. The average Bonchev–Trinajstić information content (AvgIpc) is 3.26. The molecule has 150 valence electrons. The molecule has 6 rings (SSSR count). The van der Waals surface area contributed by atoms with Crippen LogP contribution in [0.15, 0.2) is 71.8 Å². The summed E-state index contributed by atoms with van der Waals surface area (Å²) in [5.74, 6) is 1.78. The molecule has 1 saturated carbocycles. The summed E-state index contributed by atoms with van der Waals surface area (Å²) in [5.41, 5.74) is 9.12. The molecule has 0 amide bonds. The van der Waals surface area contributed by atoms with Crippen molar-refractivity contribution >= 4 is 17.2 Å². The standard InChI is InChI=1S/C27H27N3/c1-19-12-15-26-24(16-19)23-14-13-21(20-8-4-2-5-9-20)17-25(23)27-28-30(18-29(26)27)22-10-6-3-7-11-22/h3,6-7,10-17,20H,2,4-5,8-9,18H2,1H3. The maximum Gasteiger partial charge on any atom is 0.163 e. The quantitative estimate of drug-likeness (QED) is 0.484. The number of amidine groups is 1. The van der Waals surface area contributed by atoms with Gasteiger partial charge in [-0.1, -0.05) is 61.2 Å². The number of rotatable bonds is 2. The zero-order valence-corrected chi connectivity index (χ0v) is 17.5. The first-order valence-corrected chi connectivity index (χ1v) is 11.2. The predicted molar refractivity (Wildman–Crippen MR) is 125 cm³/mol. The molecule has 1 aliphatic carbocycles. The molecule has 0 spiro atoms. The van der Waals surface area contributed by atoms with Crippen LogP contribution < -0.4 is 9.91 Å². The molecule has 3 aromatic rings. The summed E-state index contributed by atoms with van der Waals surface area (Å²) in [6.07, 6.45) is 6.75. The highest BCUT2D eigenvalue weighted by Gasteiger charge is 2.34. The number of benzene rings is 3. The number of nitrogens with zero attached hydrogens (tertiary/aromatic N) is 3. The van der Waals surface area contributed by atoms with Crippen molar-refractivity contribution in [2.45, 2.75) is 44.9 Å². The molecule has 0 aromatic heterocycles. The Morgan fingerprint density at radius 3 is 2.47 bits per heavy atom. The summed E-state index contributed by atoms with van der Waals surface area (Å²) in [5, 5.41) is 7.23. The molecule has 1 fully saturated rings. The van der Waals surface area contributed by atoms with Crippen LogP contribution in [0.25, 0.3) is 11.1 Å². The van der Waals surface area contributed by atoms with Crippen molar-refractivity contribution < 1.29 is 0 Å².